The van der Waals surface area contributed by atoms with Crippen molar-refractivity contribution in [3.05, 3.63) is 0 Å². The van der Waals surface area contributed by atoms with Gasteiger partial charge in [0.1, 0.15) is 0 Å². The average molecular weight is 268 g/mol. The molecule has 0 saturated carbocycles. The lowest BCUT2D eigenvalue weighted by atomic mass is 10.1. The molecule has 110 valence electrons. The highest BCUT2D eigenvalue weighted by Gasteiger charge is 2.22. The lowest BCUT2D eigenvalue weighted by molar-refractivity contribution is -0.127. The van der Waals surface area contributed by atoms with Gasteiger partial charge in [0.15, 0.2) is 0 Å². The van der Waals surface area contributed by atoms with E-state index in [1.165, 1.54) is 30.6 Å². The molecule has 0 aromatic carbocycles. The third kappa shape index (κ3) is 6.60. The third-order valence-electron chi connectivity index (χ3n) is 3.63. The molecule has 1 aliphatic heterocycles. The zero-order valence-corrected chi connectivity index (χ0v) is 12.2. The Morgan fingerprint density at radius 2 is 1.84 bits per heavy atom. The maximum Gasteiger partial charge on any atom is 0.324 e. The van der Waals surface area contributed by atoms with Crippen molar-refractivity contribution in [3.8, 4) is 0 Å². The Bertz CT molecular complexity index is 279. The Morgan fingerprint density at radius 3 is 2.63 bits per heavy atom. The molecule has 4 nitrogen and oxygen atoms in total. The molecular weight excluding hydrogens is 240 g/mol. The quantitative estimate of drug-likeness (QED) is 0.719. The molecule has 3 amide bonds. The van der Waals surface area contributed by atoms with Gasteiger partial charge in [0.05, 0.1) is 0 Å². The summed E-state index contributed by atoms with van der Waals surface area (Å²) in [6.45, 7) is 3.48. The number of likely N-dealkylation sites (tertiary alicyclic amines) is 1. The number of carbonyl (C=O) groups excluding carboxylic acids is 2. The zero-order chi connectivity index (χ0) is 13.9. The summed E-state index contributed by atoms with van der Waals surface area (Å²) in [7, 11) is 0. The molecule has 1 rings (SSSR count). The van der Waals surface area contributed by atoms with E-state index in [-0.39, 0.29) is 11.9 Å². The van der Waals surface area contributed by atoms with Crippen molar-refractivity contribution in [2.45, 2.75) is 71.1 Å². The standard InChI is InChI=1S/C15H28N2O2/c1-2-3-4-5-6-9-12-16-15(19)17-13-10-7-8-11-14(17)18/h2-13H2,1H3,(H,16,19). The van der Waals surface area contributed by atoms with Crippen molar-refractivity contribution in [1.29, 1.82) is 0 Å². The number of nitrogens with one attached hydrogen (secondary N) is 1. The molecule has 0 aromatic rings. The Labute approximate surface area is 116 Å². The van der Waals surface area contributed by atoms with Gasteiger partial charge in [-0.1, -0.05) is 45.4 Å². The smallest absolute Gasteiger partial charge is 0.324 e. The Balaban J connectivity index is 2.11. The summed E-state index contributed by atoms with van der Waals surface area (Å²) in [5, 5.41) is 2.87. The minimum absolute atomic E-state index is 0.0158. The first-order valence-corrected chi connectivity index (χ1v) is 7.84. The van der Waals surface area contributed by atoms with Crippen LogP contribution in [0.5, 0.6) is 0 Å². The summed E-state index contributed by atoms with van der Waals surface area (Å²) in [5.41, 5.74) is 0. The number of urea groups is 1. The van der Waals surface area contributed by atoms with Crippen molar-refractivity contribution in [1.82, 2.24) is 10.2 Å². The second kappa shape index (κ2) is 9.82. The van der Waals surface area contributed by atoms with E-state index >= 15 is 0 Å². The second-order valence-electron chi connectivity index (χ2n) is 5.36. The monoisotopic (exact) mass is 268 g/mol. The fourth-order valence-electron chi connectivity index (χ4n) is 2.39. The molecule has 0 spiro atoms. The van der Waals surface area contributed by atoms with Gasteiger partial charge < -0.3 is 5.32 Å². The van der Waals surface area contributed by atoms with E-state index in [1.807, 2.05) is 0 Å². The summed E-state index contributed by atoms with van der Waals surface area (Å²) in [6, 6.07) is -0.194. The van der Waals surface area contributed by atoms with E-state index in [2.05, 4.69) is 12.2 Å². The molecule has 1 heterocycles. The zero-order valence-electron chi connectivity index (χ0n) is 12.2. The highest BCUT2D eigenvalue weighted by molar-refractivity contribution is 5.94. The highest BCUT2D eigenvalue weighted by Crippen LogP contribution is 2.11. The third-order valence-corrected chi connectivity index (χ3v) is 3.63. The van der Waals surface area contributed by atoms with Crippen LogP contribution < -0.4 is 5.32 Å². The molecule has 0 bridgehead atoms. The first-order valence-electron chi connectivity index (χ1n) is 7.84. The first-order chi connectivity index (χ1) is 9.25. The predicted molar refractivity (Wildman–Crippen MR) is 77.0 cm³/mol. The number of rotatable bonds is 7. The first kappa shape index (κ1) is 16.0. The molecule has 1 aliphatic rings. The molecule has 1 saturated heterocycles. The van der Waals surface area contributed by atoms with E-state index in [1.54, 1.807) is 0 Å². The summed E-state index contributed by atoms with van der Waals surface area (Å²) >= 11 is 0. The predicted octanol–water partition coefficient (Wildman–Crippen LogP) is 3.46. The number of amides is 3. The molecule has 0 unspecified atom stereocenters. The molecule has 0 aromatic heterocycles. The summed E-state index contributed by atoms with van der Waals surface area (Å²) < 4.78 is 0. The summed E-state index contributed by atoms with van der Waals surface area (Å²) in [5.74, 6) is -0.0158. The van der Waals surface area contributed by atoms with Crippen LogP contribution in [0.3, 0.4) is 0 Å². The van der Waals surface area contributed by atoms with Gasteiger partial charge in [-0.05, 0) is 19.3 Å². The SMILES string of the molecule is CCCCCCCCNC(=O)N1CCCCCC1=O. The van der Waals surface area contributed by atoms with E-state index in [0.717, 1.165) is 32.1 Å². The lowest BCUT2D eigenvalue weighted by Gasteiger charge is -2.18. The van der Waals surface area contributed by atoms with Crippen LogP contribution in [0, 0.1) is 0 Å². The molecule has 0 radical (unpaired) electrons. The van der Waals surface area contributed by atoms with Gasteiger partial charge >= 0.3 is 6.03 Å². The number of nitrogens with zero attached hydrogens (tertiary/aromatic N) is 1. The topological polar surface area (TPSA) is 49.4 Å². The second-order valence-corrected chi connectivity index (χ2v) is 5.36. The largest absolute Gasteiger partial charge is 0.338 e. The van der Waals surface area contributed by atoms with Crippen LogP contribution in [0.1, 0.15) is 71.1 Å². The number of imide groups is 1. The van der Waals surface area contributed by atoms with E-state index in [9.17, 15) is 9.59 Å². The maximum absolute atomic E-state index is 11.9. The number of hydrogen-bond acceptors (Lipinski definition) is 2. The van der Waals surface area contributed by atoms with E-state index in [0.29, 0.717) is 19.5 Å². The van der Waals surface area contributed by atoms with Crippen LogP contribution in [0.4, 0.5) is 4.79 Å². The van der Waals surface area contributed by atoms with Gasteiger partial charge in [0, 0.05) is 19.5 Å². The van der Waals surface area contributed by atoms with E-state index in [4.69, 9.17) is 0 Å². The van der Waals surface area contributed by atoms with Crippen LogP contribution in [-0.4, -0.2) is 29.9 Å². The van der Waals surface area contributed by atoms with E-state index < -0.39 is 0 Å². The maximum atomic E-state index is 11.9. The molecule has 0 aliphatic carbocycles. The Kier molecular flexibility index (Phi) is 8.26. The number of unbranched alkanes of at least 4 members (excludes halogenated alkanes) is 5. The number of carbonyl (C=O) groups is 2. The van der Waals surface area contributed by atoms with Crippen LogP contribution in [0.15, 0.2) is 0 Å². The van der Waals surface area contributed by atoms with Gasteiger partial charge in [-0.25, -0.2) is 4.79 Å². The average Bonchev–Trinajstić information content (AvgIpc) is 2.62. The fourth-order valence-corrected chi connectivity index (χ4v) is 2.39. The van der Waals surface area contributed by atoms with Crippen LogP contribution in [0.25, 0.3) is 0 Å². The van der Waals surface area contributed by atoms with Crippen molar-refractivity contribution in [2.75, 3.05) is 13.1 Å². The van der Waals surface area contributed by atoms with Gasteiger partial charge in [-0.2, -0.15) is 0 Å². The Hall–Kier alpha value is -1.06. The number of hydrogen-bond donors (Lipinski definition) is 1. The minimum Gasteiger partial charge on any atom is -0.338 e. The molecule has 0 atom stereocenters. The highest BCUT2D eigenvalue weighted by atomic mass is 16.2. The van der Waals surface area contributed by atoms with Crippen LogP contribution in [0.2, 0.25) is 0 Å². The Morgan fingerprint density at radius 1 is 1.11 bits per heavy atom. The fraction of sp³-hybridized carbons (Fsp3) is 0.867. The summed E-state index contributed by atoms with van der Waals surface area (Å²) in [4.78, 5) is 25.0. The van der Waals surface area contributed by atoms with Crippen molar-refractivity contribution in [2.24, 2.45) is 0 Å². The van der Waals surface area contributed by atoms with Gasteiger partial charge in [0.2, 0.25) is 5.91 Å². The van der Waals surface area contributed by atoms with Gasteiger partial charge in [-0.15, -0.1) is 0 Å². The lowest BCUT2D eigenvalue weighted by Crippen LogP contribution is -2.43. The molecule has 4 heteroatoms. The molecule has 1 fully saturated rings. The van der Waals surface area contributed by atoms with Crippen LogP contribution in [-0.2, 0) is 4.79 Å². The molecule has 19 heavy (non-hydrogen) atoms. The minimum atomic E-state index is -0.194. The van der Waals surface area contributed by atoms with Crippen LogP contribution >= 0.6 is 0 Å². The summed E-state index contributed by atoms with van der Waals surface area (Å²) in [6.07, 6.45) is 10.7. The van der Waals surface area contributed by atoms with Crippen molar-refractivity contribution < 1.29 is 9.59 Å². The van der Waals surface area contributed by atoms with Gasteiger partial charge in [0.25, 0.3) is 0 Å². The van der Waals surface area contributed by atoms with Crippen molar-refractivity contribution in [3.63, 3.8) is 0 Å². The molecular formula is C15H28N2O2. The molecule has 1 N–H and O–H groups in total. The van der Waals surface area contributed by atoms with Crippen molar-refractivity contribution >= 4 is 11.9 Å². The van der Waals surface area contributed by atoms with Gasteiger partial charge in [-0.3, -0.25) is 9.69 Å². The normalized spacial score (nSPS) is 16.3.